The third-order valence-electron chi connectivity index (χ3n) is 9.28. The number of anilines is 4. The zero-order valence-electron chi connectivity index (χ0n) is 24.7. The van der Waals surface area contributed by atoms with E-state index in [1.807, 2.05) is 0 Å². The van der Waals surface area contributed by atoms with Gasteiger partial charge in [-0.25, -0.2) is 0 Å². The lowest BCUT2D eigenvalue weighted by Crippen LogP contribution is -2.14. The number of rotatable bonds is 2. The molecule has 0 aromatic heterocycles. The molecular formula is C43H30N2. The predicted molar refractivity (Wildman–Crippen MR) is 190 cm³/mol. The molecule has 1 aliphatic carbocycles. The average molecular weight is 575 g/mol. The Hall–Kier alpha value is -5.86. The molecule has 1 aliphatic heterocycles. The first-order chi connectivity index (χ1) is 22.3. The molecule has 212 valence electrons. The molecule has 1 heterocycles. The van der Waals surface area contributed by atoms with Gasteiger partial charge in [0.25, 0.3) is 0 Å². The van der Waals surface area contributed by atoms with Gasteiger partial charge in [-0.3, -0.25) is 0 Å². The van der Waals surface area contributed by atoms with Crippen LogP contribution in [0.5, 0.6) is 0 Å². The van der Waals surface area contributed by atoms with Gasteiger partial charge in [-0.1, -0.05) is 121 Å². The van der Waals surface area contributed by atoms with Crippen LogP contribution in [0.1, 0.15) is 16.7 Å². The monoisotopic (exact) mass is 574 g/mol. The lowest BCUT2D eigenvalue weighted by molar-refractivity contribution is 1.26. The van der Waals surface area contributed by atoms with Crippen molar-refractivity contribution in [2.45, 2.75) is 6.42 Å². The molecule has 0 atom stereocenters. The number of para-hydroxylation sites is 2. The maximum Gasteiger partial charge on any atom is 0.0613 e. The number of nitrogens with one attached hydrogen (secondary N) is 1. The Morgan fingerprint density at radius 2 is 1.22 bits per heavy atom. The topological polar surface area (TPSA) is 15.3 Å². The van der Waals surface area contributed by atoms with Crippen molar-refractivity contribution in [3.63, 3.8) is 0 Å². The van der Waals surface area contributed by atoms with Gasteiger partial charge in [0.15, 0.2) is 0 Å². The van der Waals surface area contributed by atoms with E-state index in [9.17, 15) is 0 Å². The highest BCUT2D eigenvalue weighted by molar-refractivity contribution is 6.05. The van der Waals surface area contributed by atoms with Crippen LogP contribution >= 0.6 is 0 Å². The van der Waals surface area contributed by atoms with Crippen molar-refractivity contribution in [1.82, 2.24) is 0 Å². The zero-order chi connectivity index (χ0) is 29.7. The van der Waals surface area contributed by atoms with Gasteiger partial charge in [0.1, 0.15) is 0 Å². The predicted octanol–water partition coefficient (Wildman–Crippen LogP) is 11.6. The summed E-state index contributed by atoms with van der Waals surface area (Å²) in [6.45, 7) is 0. The second-order valence-electron chi connectivity index (χ2n) is 11.9. The van der Waals surface area contributed by atoms with Crippen LogP contribution in [0.25, 0.3) is 50.2 Å². The molecule has 7 aromatic rings. The van der Waals surface area contributed by atoms with Gasteiger partial charge in [0, 0.05) is 39.7 Å². The van der Waals surface area contributed by atoms with Gasteiger partial charge in [0.2, 0.25) is 0 Å². The van der Waals surface area contributed by atoms with E-state index < -0.39 is 0 Å². The summed E-state index contributed by atoms with van der Waals surface area (Å²) in [4.78, 5) is 2.45. The summed E-state index contributed by atoms with van der Waals surface area (Å²) in [7, 11) is 0. The first kappa shape index (κ1) is 25.6. The standard InChI is InChI=1S/C43H30N2/c1-4-12-37-30(9-1)17-18-31-25-26-44-41-15-7-5-13-38(41)39-14-6-8-16-42(39)45(43(31)37)35-23-21-29(22-24-35)32-19-20-34-27-33-10-2-3-11-36(33)40(34)28-32/h1-26,28,44H,27H2/b26-25+. The Morgan fingerprint density at radius 3 is 2.13 bits per heavy atom. The highest BCUT2D eigenvalue weighted by Crippen LogP contribution is 2.47. The van der Waals surface area contributed by atoms with Crippen molar-refractivity contribution in [1.29, 1.82) is 0 Å². The lowest BCUT2D eigenvalue weighted by Gasteiger charge is -2.31. The summed E-state index contributed by atoms with van der Waals surface area (Å²) < 4.78 is 0. The smallest absolute Gasteiger partial charge is 0.0613 e. The molecule has 0 saturated heterocycles. The lowest BCUT2D eigenvalue weighted by atomic mass is 9.96. The molecule has 0 fully saturated rings. The number of hydrogen-bond donors (Lipinski definition) is 1. The number of nitrogens with zero attached hydrogens (tertiary/aromatic N) is 1. The van der Waals surface area contributed by atoms with Crippen LogP contribution in [0.3, 0.4) is 0 Å². The number of hydrogen-bond acceptors (Lipinski definition) is 2. The van der Waals surface area contributed by atoms with Crippen LogP contribution in [-0.4, -0.2) is 0 Å². The highest BCUT2D eigenvalue weighted by Gasteiger charge is 2.23. The minimum Gasteiger partial charge on any atom is -0.361 e. The molecule has 0 spiro atoms. The Bertz CT molecular complexity index is 2280. The molecule has 2 nitrogen and oxygen atoms in total. The van der Waals surface area contributed by atoms with Crippen molar-refractivity contribution < 1.29 is 0 Å². The maximum absolute atomic E-state index is 3.57. The van der Waals surface area contributed by atoms with Crippen molar-refractivity contribution in [2.24, 2.45) is 0 Å². The fourth-order valence-electron chi connectivity index (χ4n) is 7.11. The molecule has 45 heavy (non-hydrogen) atoms. The van der Waals surface area contributed by atoms with Gasteiger partial charge in [-0.2, -0.15) is 0 Å². The molecule has 0 radical (unpaired) electrons. The SMILES string of the molecule is C1=C/c2ccc3ccccc3c2N(c2ccc(-c3ccc4c(c3)-c3ccccc3C4)cc2)c2ccccc2-c2ccccc2N/1. The van der Waals surface area contributed by atoms with Crippen molar-refractivity contribution in [3.8, 4) is 33.4 Å². The molecule has 0 saturated carbocycles. The van der Waals surface area contributed by atoms with Crippen LogP contribution in [0.4, 0.5) is 22.7 Å². The third-order valence-corrected chi connectivity index (χ3v) is 9.28. The zero-order valence-corrected chi connectivity index (χ0v) is 24.7. The molecule has 2 heteroatoms. The molecule has 0 amide bonds. The quantitative estimate of drug-likeness (QED) is 0.221. The third kappa shape index (κ3) is 4.26. The molecule has 1 N–H and O–H groups in total. The van der Waals surface area contributed by atoms with Crippen molar-refractivity contribution >= 4 is 39.6 Å². The first-order valence-electron chi connectivity index (χ1n) is 15.6. The molecular weight excluding hydrogens is 544 g/mol. The van der Waals surface area contributed by atoms with Crippen LogP contribution in [0.2, 0.25) is 0 Å². The van der Waals surface area contributed by atoms with Gasteiger partial charge < -0.3 is 10.2 Å². The Kier molecular flexibility index (Phi) is 5.92. The van der Waals surface area contributed by atoms with E-state index in [0.717, 1.165) is 29.0 Å². The fraction of sp³-hybridized carbons (Fsp3) is 0.0233. The van der Waals surface area contributed by atoms with Crippen LogP contribution in [0.15, 0.2) is 158 Å². The van der Waals surface area contributed by atoms with Gasteiger partial charge in [0.05, 0.1) is 11.4 Å². The van der Waals surface area contributed by atoms with Gasteiger partial charge >= 0.3 is 0 Å². The van der Waals surface area contributed by atoms with E-state index in [1.165, 1.54) is 61.0 Å². The summed E-state index contributed by atoms with van der Waals surface area (Å²) in [5.41, 5.74) is 16.0. The summed E-state index contributed by atoms with van der Waals surface area (Å²) in [6.07, 6.45) is 5.27. The Morgan fingerprint density at radius 1 is 0.511 bits per heavy atom. The second-order valence-corrected chi connectivity index (χ2v) is 11.9. The number of benzene rings is 7. The van der Waals surface area contributed by atoms with E-state index in [1.54, 1.807) is 0 Å². The van der Waals surface area contributed by atoms with Gasteiger partial charge in [-0.15, -0.1) is 0 Å². The molecule has 9 rings (SSSR count). The average Bonchev–Trinajstić information content (AvgIpc) is 3.48. The summed E-state index contributed by atoms with van der Waals surface area (Å²) >= 11 is 0. The van der Waals surface area contributed by atoms with E-state index in [0.29, 0.717) is 0 Å². The summed E-state index contributed by atoms with van der Waals surface area (Å²) in [5.74, 6) is 0. The van der Waals surface area contributed by atoms with Gasteiger partial charge in [-0.05, 0) is 81.6 Å². The second kappa shape index (κ2) is 10.4. The minimum atomic E-state index is 1.01. The maximum atomic E-state index is 3.57. The number of fused-ring (bicyclic) bond motifs is 9. The minimum absolute atomic E-state index is 1.01. The van der Waals surface area contributed by atoms with Crippen LogP contribution in [0, 0.1) is 0 Å². The van der Waals surface area contributed by atoms with Crippen LogP contribution < -0.4 is 10.2 Å². The molecule has 2 aliphatic rings. The van der Waals surface area contributed by atoms with E-state index in [2.05, 4.69) is 174 Å². The van der Waals surface area contributed by atoms with E-state index in [-0.39, 0.29) is 0 Å². The van der Waals surface area contributed by atoms with Crippen molar-refractivity contribution in [3.05, 3.63) is 175 Å². The molecule has 0 unspecified atom stereocenters. The van der Waals surface area contributed by atoms with Crippen molar-refractivity contribution in [2.75, 3.05) is 10.2 Å². The summed E-state index contributed by atoms with van der Waals surface area (Å²) in [5, 5.41) is 6.00. The van der Waals surface area contributed by atoms with E-state index in [4.69, 9.17) is 0 Å². The van der Waals surface area contributed by atoms with E-state index >= 15 is 0 Å². The first-order valence-corrected chi connectivity index (χ1v) is 15.6. The largest absolute Gasteiger partial charge is 0.361 e. The normalized spacial score (nSPS) is 13.6. The van der Waals surface area contributed by atoms with Crippen LogP contribution in [-0.2, 0) is 6.42 Å². The summed E-state index contributed by atoms with van der Waals surface area (Å²) in [6, 6.07) is 55.3. The Labute approximate surface area is 263 Å². The highest BCUT2D eigenvalue weighted by atomic mass is 15.1. The Balaban J connectivity index is 1.24. The molecule has 7 aromatic carbocycles. The fourth-order valence-corrected chi connectivity index (χ4v) is 7.11. The molecule has 0 bridgehead atoms.